The minimum absolute atomic E-state index is 0.509. The van der Waals surface area contributed by atoms with Crippen molar-refractivity contribution < 1.29 is 13.9 Å². The fraction of sp³-hybridized carbons (Fsp3) is 0.833. The Morgan fingerprint density at radius 3 is 2.11 bits per heavy atom. The predicted molar refractivity (Wildman–Crippen MR) is 31.5 cm³/mol. The molecule has 9 heavy (non-hydrogen) atoms. The van der Waals surface area contributed by atoms with Crippen LogP contribution in [0.3, 0.4) is 0 Å². The summed E-state index contributed by atoms with van der Waals surface area (Å²) in [7, 11) is 0. The molecular formula is C6H11FO2. The van der Waals surface area contributed by atoms with E-state index >= 15 is 0 Å². The van der Waals surface area contributed by atoms with Gasteiger partial charge in [0, 0.05) is 0 Å². The van der Waals surface area contributed by atoms with E-state index in [1.165, 1.54) is 0 Å². The molecule has 0 aliphatic heterocycles. The molecule has 2 nitrogen and oxygen atoms in total. The first-order valence-corrected chi connectivity index (χ1v) is 2.71. The minimum Gasteiger partial charge on any atom is -0.433 e. The molecule has 0 atom stereocenters. The summed E-state index contributed by atoms with van der Waals surface area (Å²) in [5.41, 5.74) is -0.591. The summed E-state index contributed by atoms with van der Waals surface area (Å²) in [4.78, 5) is 10.6. The van der Waals surface area contributed by atoms with E-state index in [9.17, 15) is 9.18 Å². The highest BCUT2D eigenvalue weighted by Gasteiger charge is 2.22. The Kier molecular flexibility index (Phi) is 2.62. The number of halogens is 1. The number of carbonyl (C=O) groups excluding carboxylic acids is 1. The number of carbonyl (C=O) groups is 1. The van der Waals surface area contributed by atoms with Crippen LogP contribution in [-0.2, 0) is 9.53 Å². The van der Waals surface area contributed by atoms with Crippen molar-refractivity contribution in [3.05, 3.63) is 0 Å². The maximum Gasteiger partial charge on any atom is 0.313 e. The molecule has 0 aromatic rings. The van der Waals surface area contributed by atoms with Crippen LogP contribution in [0.2, 0.25) is 0 Å². The highest BCUT2D eigenvalue weighted by molar-refractivity contribution is 5.75. The summed E-state index contributed by atoms with van der Waals surface area (Å²) in [5, 5.41) is 0. The van der Waals surface area contributed by atoms with Crippen LogP contribution in [0.15, 0.2) is 0 Å². The van der Waals surface area contributed by atoms with Crippen LogP contribution in [0.1, 0.15) is 20.8 Å². The number of rotatable bonds is 1. The fourth-order valence-corrected chi connectivity index (χ4v) is 0.266. The molecule has 0 amide bonds. The van der Waals surface area contributed by atoms with Gasteiger partial charge in [0.2, 0.25) is 6.86 Å². The molecule has 0 saturated carbocycles. The van der Waals surface area contributed by atoms with E-state index in [0.717, 1.165) is 0 Å². The van der Waals surface area contributed by atoms with Gasteiger partial charge in [-0.1, -0.05) is 0 Å². The molecule has 0 aromatic carbocycles. The molecule has 0 aliphatic carbocycles. The van der Waals surface area contributed by atoms with Crippen LogP contribution in [0.25, 0.3) is 0 Å². The summed E-state index contributed by atoms with van der Waals surface area (Å²) < 4.78 is 15.4. The van der Waals surface area contributed by atoms with E-state index in [1.807, 2.05) is 0 Å². The van der Waals surface area contributed by atoms with Crippen molar-refractivity contribution in [2.24, 2.45) is 5.41 Å². The lowest BCUT2D eigenvalue weighted by molar-refractivity contribution is -0.157. The zero-order chi connectivity index (χ0) is 7.49. The molecule has 0 N–H and O–H groups in total. The van der Waals surface area contributed by atoms with Crippen molar-refractivity contribution >= 4 is 5.97 Å². The topological polar surface area (TPSA) is 26.3 Å². The molecule has 0 unspecified atom stereocenters. The van der Waals surface area contributed by atoms with Gasteiger partial charge >= 0.3 is 5.97 Å². The van der Waals surface area contributed by atoms with Crippen LogP contribution < -0.4 is 0 Å². The molecule has 0 bridgehead atoms. The van der Waals surface area contributed by atoms with Gasteiger partial charge in [-0.2, -0.15) is 0 Å². The summed E-state index contributed by atoms with van der Waals surface area (Å²) in [5.74, 6) is -0.509. The quantitative estimate of drug-likeness (QED) is 0.508. The summed E-state index contributed by atoms with van der Waals surface area (Å²) >= 11 is 0. The Balaban J connectivity index is 3.74. The second-order valence-electron chi connectivity index (χ2n) is 2.79. The van der Waals surface area contributed by atoms with Crippen LogP contribution in [0, 0.1) is 5.41 Å². The maximum atomic E-state index is 11.3. The number of alkyl halides is 1. The van der Waals surface area contributed by atoms with Gasteiger partial charge in [-0.3, -0.25) is 4.79 Å². The van der Waals surface area contributed by atoms with E-state index in [4.69, 9.17) is 0 Å². The van der Waals surface area contributed by atoms with Crippen molar-refractivity contribution in [2.45, 2.75) is 20.8 Å². The Morgan fingerprint density at radius 1 is 1.56 bits per heavy atom. The smallest absolute Gasteiger partial charge is 0.313 e. The molecule has 54 valence electrons. The first-order chi connectivity index (χ1) is 3.98. The Bertz CT molecular complexity index is 104. The van der Waals surface area contributed by atoms with Crippen molar-refractivity contribution in [2.75, 3.05) is 6.86 Å². The molecule has 0 heterocycles. The molecule has 0 spiro atoms. The van der Waals surface area contributed by atoms with Gasteiger partial charge in [-0.25, -0.2) is 4.39 Å². The van der Waals surface area contributed by atoms with Crippen LogP contribution in [-0.4, -0.2) is 12.8 Å². The number of esters is 1. The van der Waals surface area contributed by atoms with E-state index in [-0.39, 0.29) is 0 Å². The molecule has 0 aromatic heterocycles. The van der Waals surface area contributed by atoms with Gasteiger partial charge < -0.3 is 4.74 Å². The number of hydrogen-bond donors (Lipinski definition) is 0. The normalized spacial score (nSPS) is 11.1. The molecule has 0 radical (unpaired) electrons. The Hall–Kier alpha value is -0.600. The SMILES string of the molecule is CC(C)(C)C(=O)OCF. The fourth-order valence-electron chi connectivity index (χ4n) is 0.266. The standard InChI is InChI=1S/C6H11FO2/c1-6(2,3)5(8)9-4-7/h4H2,1-3H3. The van der Waals surface area contributed by atoms with Gasteiger partial charge in [0.15, 0.2) is 0 Å². The van der Waals surface area contributed by atoms with Crippen molar-refractivity contribution in [3.8, 4) is 0 Å². The van der Waals surface area contributed by atoms with Crippen LogP contribution in [0.5, 0.6) is 0 Å². The highest BCUT2D eigenvalue weighted by Crippen LogP contribution is 2.14. The van der Waals surface area contributed by atoms with Crippen molar-refractivity contribution in [3.63, 3.8) is 0 Å². The third-order valence-electron chi connectivity index (χ3n) is 0.798. The summed E-state index contributed by atoms with van der Waals surface area (Å²) in [6.07, 6.45) is 0. The molecule has 0 fully saturated rings. The third kappa shape index (κ3) is 3.06. The average Bonchev–Trinajstić information content (AvgIpc) is 1.64. The number of hydrogen-bond acceptors (Lipinski definition) is 2. The lowest BCUT2D eigenvalue weighted by Gasteiger charge is -2.13. The minimum atomic E-state index is -1.03. The maximum absolute atomic E-state index is 11.3. The average molecular weight is 134 g/mol. The van der Waals surface area contributed by atoms with E-state index in [0.29, 0.717) is 0 Å². The third-order valence-corrected chi connectivity index (χ3v) is 0.798. The first kappa shape index (κ1) is 8.40. The van der Waals surface area contributed by atoms with Crippen molar-refractivity contribution in [1.82, 2.24) is 0 Å². The number of ether oxygens (including phenoxy) is 1. The lowest BCUT2D eigenvalue weighted by Crippen LogP contribution is -2.22. The highest BCUT2D eigenvalue weighted by atomic mass is 19.1. The summed E-state index contributed by atoms with van der Waals surface area (Å²) in [6.45, 7) is 3.98. The van der Waals surface area contributed by atoms with Gasteiger partial charge in [-0.05, 0) is 20.8 Å². The predicted octanol–water partition coefficient (Wildman–Crippen LogP) is 1.50. The summed E-state index contributed by atoms with van der Waals surface area (Å²) in [6, 6.07) is 0. The van der Waals surface area contributed by atoms with Crippen molar-refractivity contribution in [1.29, 1.82) is 0 Å². The van der Waals surface area contributed by atoms with Gasteiger partial charge in [-0.15, -0.1) is 0 Å². The van der Waals surface area contributed by atoms with Gasteiger partial charge in [0.25, 0.3) is 0 Å². The van der Waals surface area contributed by atoms with E-state index in [2.05, 4.69) is 4.74 Å². The zero-order valence-electron chi connectivity index (χ0n) is 5.90. The van der Waals surface area contributed by atoms with Gasteiger partial charge in [0.1, 0.15) is 0 Å². The van der Waals surface area contributed by atoms with E-state index in [1.54, 1.807) is 20.8 Å². The van der Waals surface area contributed by atoms with Crippen LogP contribution >= 0.6 is 0 Å². The molecular weight excluding hydrogens is 123 g/mol. The largest absolute Gasteiger partial charge is 0.433 e. The second kappa shape index (κ2) is 2.80. The molecule has 0 saturated heterocycles. The van der Waals surface area contributed by atoms with E-state index < -0.39 is 18.2 Å². The monoisotopic (exact) mass is 134 g/mol. The second-order valence-corrected chi connectivity index (χ2v) is 2.79. The first-order valence-electron chi connectivity index (χ1n) is 2.71. The van der Waals surface area contributed by atoms with Crippen LogP contribution in [0.4, 0.5) is 4.39 Å². The molecule has 0 rings (SSSR count). The molecule has 0 aliphatic rings. The Labute approximate surface area is 54.0 Å². The zero-order valence-corrected chi connectivity index (χ0v) is 5.90. The Morgan fingerprint density at radius 2 is 2.00 bits per heavy atom. The lowest BCUT2D eigenvalue weighted by atomic mass is 9.98. The van der Waals surface area contributed by atoms with Gasteiger partial charge in [0.05, 0.1) is 5.41 Å². The molecule has 3 heteroatoms.